The Bertz CT molecular complexity index is 1330. The number of carbonyl (C=O) groups is 2. The highest BCUT2D eigenvalue weighted by Crippen LogP contribution is 2.35. The number of amides is 2. The maximum atomic E-state index is 13.0. The number of nitrogens with one attached hydrogen (secondary N) is 3. The zero-order chi connectivity index (χ0) is 23.2. The number of hydrogen-bond acceptors (Lipinski definition) is 5. The summed E-state index contributed by atoms with van der Waals surface area (Å²) in [4.78, 5) is 29.1. The van der Waals surface area contributed by atoms with E-state index in [0.717, 1.165) is 0 Å². The van der Waals surface area contributed by atoms with Gasteiger partial charge in [-0.3, -0.25) is 14.3 Å². The first-order valence-electron chi connectivity index (χ1n) is 9.71. The molecule has 3 aromatic rings. The minimum atomic E-state index is -4.15. The number of furan rings is 1. The molecule has 0 saturated carbocycles. The molecule has 1 aliphatic heterocycles. The summed E-state index contributed by atoms with van der Waals surface area (Å²) in [6.07, 6.45) is 2.04. The van der Waals surface area contributed by atoms with Gasteiger partial charge in [0.25, 0.3) is 15.9 Å². The van der Waals surface area contributed by atoms with Gasteiger partial charge in [0.15, 0.2) is 5.76 Å². The molecule has 0 spiro atoms. The molecule has 12 heteroatoms. The van der Waals surface area contributed by atoms with Crippen LogP contribution in [0.5, 0.6) is 0 Å². The van der Waals surface area contributed by atoms with Crippen LogP contribution in [-0.2, 0) is 14.8 Å². The number of likely N-dealkylation sites (tertiary alicyclic amines) is 1. The average Bonchev–Trinajstić information content (AvgIpc) is 3.48. The van der Waals surface area contributed by atoms with Crippen molar-refractivity contribution in [2.24, 2.45) is 5.92 Å². The second kappa shape index (κ2) is 8.34. The van der Waals surface area contributed by atoms with E-state index in [2.05, 4.69) is 15.0 Å². The molecule has 9 nitrogen and oxygen atoms in total. The lowest BCUT2D eigenvalue weighted by Crippen LogP contribution is -2.33. The van der Waals surface area contributed by atoms with Crippen molar-refractivity contribution < 1.29 is 22.4 Å². The number of halogens is 2. The molecule has 2 amide bonds. The summed E-state index contributed by atoms with van der Waals surface area (Å²) in [6, 6.07) is 4.32. The van der Waals surface area contributed by atoms with E-state index in [4.69, 9.17) is 27.6 Å². The molecule has 1 fully saturated rings. The van der Waals surface area contributed by atoms with E-state index in [1.54, 1.807) is 14.0 Å². The van der Waals surface area contributed by atoms with Crippen LogP contribution in [0.3, 0.4) is 0 Å². The lowest BCUT2D eigenvalue weighted by Gasteiger charge is -2.15. The molecule has 32 heavy (non-hydrogen) atoms. The van der Waals surface area contributed by atoms with Gasteiger partial charge >= 0.3 is 0 Å². The molecule has 1 aliphatic rings. The molecule has 0 bridgehead atoms. The van der Waals surface area contributed by atoms with E-state index in [0.29, 0.717) is 39.5 Å². The molecule has 170 valence electrons. The predicted octanol–water partition coefficient (Wildman–Crippen LogP) is 3.39. The van der Waals surface area contributed by atoms with Crippen molar-refractivity contribution in [3.8, 4) is 0 Å². The van der Waals surface area contributed by atoms with Crippen molar-refractivity contribution in [1.82, 2.24) is 15.2 Å². The lowest BCUT2D eigenvalue weighted by molar-refractivity contribution is -0.124. The second-order valence-corrected chi connectivity index (χ2v) is 9.94. The van der Waals surface area contributed by atoms with Gasteiger partial charge in [0, 0.05) is 43.4 Å². The minimum Gasteiger partial charge on any atom is -0.437 e. The number of aryl methyl sites for hydroxylation is 1. The molecule has 3 heterocycles. The molecule has 1 aromatic carbocycles. The predicted molar refractivity (Wildman–Crippen MR) is 121 cm³/mol. The number of H-pyrrole nitrogens is 1. The van der Waals surface area contributed by atoms with Crippen LogP contribution >= 0.6 is 23.2 Å². The smallest absolute Gasteiger partial charge is 0.295 e. The van der Waals surface area contributed by atoms with Gasteiger partial charge in [-0.1, -0.05) is 23.2 Å². The molecule has 4 rings (SSSR count). The summed E-state index contributed by atoms with van der Waals surface area (Å²) in [5, 5.41) is 3.39. The Morgan fingerprint density at radius 3 is 2.72 bits per heavy atom. The van der Waals surface area contributed by atoms with E-state index in [1.165, 1.54) is 29.3 Å². The van der Waals surface area contributed by atoms with Gasteiger partial charge in [-0.25, -0.2) is 0 Å². The summed E-state index contributed by atoms with van der Waals surface area (Å²) >= 11 is 12.3. The molecule has 0 aliphatic carbocycles. The average molecular weight is 499 g/mol. The molecular weight excluding hydrogens is 479 g/mol. The van der Waals surface area contributed by atoms with E-state index in [1.807, 2.05) is 0 Å². The van der Waals surface area contributed by atoms with E-state index >= 15 is 0 Å². The standard InChI is InChI=1S/C20H20Cl2N4O5S/c1-10-7-15(31-18(10)20(28)26-6-5-11(9-26)19(27)23-2)32(29,30)25-14-4-3-12(21)16-13(22)8-24-17(14)16/h3-4,7-8,11,24-25H,5-6,9H2,1-2H3,(H,23,27)/t11-/m1/s1. The molecule has 1 saturated heterocycles. The highest BCUT2D eigenvalue weighted by molar-refractivity contribution is 7.92. The van der Waals surface area contributed by atoms with Crippen LogP contribution in [0, 0.1) is 12.8 Å². The molecule has 3 N–H and O–H groups in total. The van der Waals surface area contributed by atoms with E-state index in [-0.39, 0.29) is 29.8 Å². The summed E-state index contributed by atoms with van der Waals surface area (Å²) in [6.45, 7) is 2.22. The largest absolute Gasteiger partial charge is 0.437 e. The first-order valence-corrected chi connectivity index (χ1v) is 12.0. The Balaban J connectivity index is 1.59. The van der Waals surface area contributed by atoms with E-state index < -0.39 is 21.0 Å². The summed E-state index contributed by atoms with van der Waals surface area (Å²) in [7, 11) is -2.61. The lowest BCUT2D eigenvalue weighted by atomic mass is 10.1. The third kappa shape index (κ3) is 3.94. The van der Waals surface area contributed by atoms with Crippen molar-refractivity contribution in [2.75, 3.05) is 24.9 Å². The second-order valence-electron chi connectivity index (χ2n) is 7.52. The quantitative estimate of drug-likeness (QED) is 0.497. The van der Waals surface area contributed by atoms with Gasteiger partial charge in [0.1, 0.15) is 0 Å². The van der Waals surface area contributed by atoms with E-state index in [9.17, 15) is 18.0 Å². The fourth-order valence-corrected chi connectivity index (χ4v) is 5.40. The van der Waals surface area contributed by atoms with Crippen molar-refractivity contribution >= 4 is 61.6 Å². The van der Waals surface area contributed by atoms with Crippen LogP contribution in [0.4, 0.5) is 5.69 Å². The van der Waals surface area contributed by atoms with Crippen LogP contribution in [0.25, 0.3) is 10.9 Å². The number of hydrogen-bond donors (Lipinski definition) is 3. The topological polar surface area (TPSA) is 125 Å². The maximum absolute atomic E-state index is 13.0. The third-order valence-corrected chi connectivity index (χ3v) is 7.26. The number of sulfonamides is 1. The Kier molecular flexibility index (Phi) is 5.87. The Labute approximate surface area is 194 Å². The van der Waals surface area contributed by atoms with Crippen LogP contribution in [0.15, 0.2) is 33.9 Å². The van der Waals surface area contributed by atoms with Gasteiger partial charge in [0.2, 0.25) is 11.0 Å². The van der Waals surface area contributed by atoms with Crippen molar-refractivity contribution in [2.45, 2.75) is 18.4 Å². The number of carbonyl (C=O) groups excluding carboxylic acids is 2. The fourth-order valence-electron chi connectivity index (χ4n) is 3.75. The highest BCUT2D eigenvalue weighted by atomic mass is 35.5. The SMILES string of the molecule is CNC(=O)[C@@H]1CCN(C(=O)c2oc(S(=O)(=O)Nc3ccc(Cl)c4c(Cl)c[nH]c34)cc2C)C1. The highest BCUT2D eigenvalue weighted by Gasteiger charge is 2.34. The zero-order valence-electron chi connectivity index (χ0n) is 17.2. The van der Waals surface area contributed by atoms with Crippen LogP contribution in [0.2, 0.25) is 10.0 Å². The van der Waals surface area contributed by atoms with Gasteiger partial charge in [-0.2, -0.15) is 8.42 Å². The molecule has 2 aromatic heterocycles. The Hall–Kier alpha value is -2.69. The van der Waals surface area contributed by atoms with Crippen LogP contribution in [-0.4, -0.2) is 50.3 Å². The Morgan fingerprint density at radius 1 is 1.25 bits per heavy atom. The number of anilines is 1. The van der Waals surface area contributed by atoms with Crippen LogP contribution in [0.1, 0.15) is 22.5 Å². The molecule has 0 unspecified atom stereocenters. The first-order chi connectivity index (χ1) is 15.1. The number of benzene rings is 1. The molecule has 0 radical (unpaired) electrons. The van der Waals surface area contributed by atoms with Crippen molar-refractivity contribution in [3.63, 3.8) is 0 Å². The number of nitrogens with zero attached hydrogens (tertiary/aromatic N) is 1. The fraction of sp³-hybridized carbons (Fsp3) is 0.300. The zero-order valence-corrected chi connectivity index (χ0v) is 19.5. The maximum Gasteiger partial charge on any atom is 0.295 e. The number of rotatable bonds is 5. The summed E-state index contributed by atoms with van der Waals surface area (Å²) < 4.78 is 33.9. The Morgan fingerprint density at radius 2 is 2.00 bits per heavy atom. The van der Waals surface area contributed by atoms with Crippen LogP contribution < -0.4 is 10.0 Å². The number of fused-ring (bicyclic) bond motifs is 1. The van der Waals surface area contributed by atoms with Crippen molar-refractivity contribution in [3.05, 3.63) is 45.8 Å². The molecule has 1 atom stereocenters. The van der Waals surface area contributed by atoms with Gasteiger partial charge < -0.3 is 19.6 Å². The first kappa shape index (κ1) is 22.5. The van der Waals surface area contributed by atoms with Crippen molar-refractivity contribution in [1.29, 1.82) is 0 Å². The normalized spacial score (nSPS) is 16.5. The molecular formula is C20H20Cl2N4O5S. The summed E-state index contributed by atoms with van der Waals surface area (Å²) in [5.74, 6) is -0.973. The van der Waals surface area contributed by atoms with Gasteiger partial charge in [0.05, 0.1) is 27.2 Å². The summed E-state index contributed by atoms with van der Waals surface area (Å²) in [5.41, 5.74) is 1.03. The van der Waals surface area contributed by atoms with Gasteiger partial charge in [-0.05, 0) is 25.5 Å². The third-order valence-electron chi connectivity index (χ3n) is 5.43. The number of aromatic amines is 1. The van der Waals surface area contributed by atoms with Gasteiger partial charge in [-0.15, -0.1) is 0 Å². The monoisotopic (exact) mass is 498 g/mol. The minimum absolute atomic E-state index is 0.0768. The number of aromatic nitrogens is 1.